The van der Waals surface area contributed by atoms with Crippen LogP contribution in [0, 0.1) is 6.92 Å². The zero-order valence-electron chi connectivity index (χ0n) is 9.30. The Morgan fingerprint density at radius 2 is 1.50 bits per heavy atom. The van der Waals surface area contributed by atoms with Crippen molar-refractivity contribution in [2.24, 2.45) is 0 Å². The average molecular weight is 289 g/mol. The molecule has 18 heavy (non-hydrogen) atoms. The Balaban J connectivity index is 0.000000180. The SMILES string of the molecule is Cc1cnc(Cl)nc1N.Nc1nc(Cl)ncc1O. The van der Waals surface area contributed by atoms with Crippen molar-refractivity contribution in [3.05, 3.63) is 28.5 Å². The lowest BCUT2D eigenvalue weighted by atomic mass is 10.4. The lowest BCUT2D eigenvalue weighted by Crippen LogP contribution is -1.94. The van der Waals surface area contributed by atoms with E-state index < -0.39 is 0 Å². The fraction of sp³-hybridized carbons (Fsp3) is 0.111. The summed E-state index contributed by atoms with van der Waals surface area (Å²) in [5.74, 6) is 0.282. The van der Waals surface area contributed by atoms with E-state index in [9.17, 15) is 0 Å². The van der Waals surface area contributed by atoms with Gasteiger partial charge in [0.25, 0.3) is 0 Å². The van der Waals surface area contributed by atoms with Crippen molar-refractivity contribution in [1.82, 2.24) is 19.9 Å². The first-order chi connectivity index (χ1) is 8.40. The van der Waals surface area contributed by atoms with Crippen molar-refractivity contribution >= 4 is 34.8 Å². The van der Waals surface area contributed by atoms with Gasteiger partial charge in [0.2, 0.25) is 10.6 Å². The number of nitrogen functional groups attached to an aromatic ring is 2. The number of aromatic hydroxyl groups is 1. The minimum Gasteiger partial charge on any atom is -0.503 e. The van der Waals surface area contributed by atoms with Crippen LogP contribution in [0.2, 0.25) is 10.6 Å². The van der Waals surface area contributed by atoms with Crippen molar-refractivity contribution in [3.63, 3.8) is 0 Å². The van der Waals surface area contributed by atoms with Crippen molar-refractivity contribution in [3.8, 4) is 5.75 Å². The highest BCUT2D eigenvalue weighted by molar-refractivity contribution is 6.28. The Morgan fingerprint density at radius 3 is 1.89 bits per heavy atom. The maximum absolute atomic E-state index is 8.74. The molecular weight excluding hydrogens is 279 g/mol. The highest BCUT2D eigenvalue weighted by atomic mass is 35.5. The van der Waals surface area contributed by atoms with Gasteiger partial charge in [0, 0.05) is 11.8 Å². The van der Waals surface area contributed by atoms with E-state index in [-0.39, 0.29) is 22.1 Å². The van der Waals surface area contributed by atoms with E-state index in [2.05, 4.69) is 19.9 Å². The third kappa shape index (κ3) is 4.19. The molecule has 0 unspecified atom stereocenters. The molecule has 2 aromatic rings. The first kappa shape index (κ1) is 14.2. The molecule has 96 valence electrons. The first-order valence-corrected chi connectivity index (χ1v) is 5.37. The molecule has 0 amide bonds. The van der Waals surface area contributed by atoms with Crippen molar-refractivity contribution in [1.29, 1.82) is 0 Å². The van der Waals surface area contributed by atoms with Crippen LogP contribution in [0.15, 0.2) is 12.4 Å². The van der Waals surface area contributed by atoms with E-state index in [1.54, 1.807) is 6.20 Å². The van der Waals surface area contributed by atoms with Gasteiger partial charge in [0.15, 0.2) is 11.6 Å². The van der Waals surface area contributed by atoms with E-state index in [1.807, 2.05) is 6.92 Å². The van der Waals surface area contributed by atoms with Gasteiger partial charge in [0.05, 0.1) is 6.20 Å². The lowest BCUT2D eigenvalue weighted by Gasteiger charge is -1.94. The van der Waals surface area contributed by atoms with Gasteiger partial charge in [-0.3, -0.25) is 0 Å². The largest absolute Gasteiger partial charge is 0.503 e. The predicted molar refractivity (Wildman–Crippen MR) is 69.3 cm³/mol. The van der Waals surface area contributed by atoms with E-state index in [0.29, 0.717) is 5.82 Å². The zero-order chi connectivity index (χ0) is 13.7. The molecule has 0 fully saturated rings. The topological polar surface area (TPSA) is 124 Å². The molecule has 0 spiro atoms. The summed E-state index contributed by atoms with van der Waals surface area (Å²) >= 11 is 10.7. The maximum Gasteiger partial charge on any atom is 0.224 e. The molecule has 0 radical (unpaired) electrons. The van der Waals surface area contributed by atoms with Crippen LogP contribution in [0.25, 0.3) is 0 Å². The second-order valence-corrected chi connectivity index (χ2v) is 3.79. The second kappa shape index (κ2) is 6.18. The highest BCUT2D eigenvalue weighted by Gasteiger charge is 1.97. The van der Waals surface area contributed by atoms with Gasteiger partial charge in [-0.15, -0.1) is 0 Å². The normalized spacial score (nSPS) is 9.50. The van der Waals surface area contributed by atoms with Crippen LogP contribution in [0.5, 0.6) is 5.75 Å². The van der Waals surface area contributed by atoms with E-state index in [1.165, 1.54) is 0 Å². The maximum atomic E-state index is 8.74. The zero-order valence-corrected chi connectivity index (χ0v) is 10.8. The summed E-state index contributed by atoms with van der Waals surface area (Å²) in [6, 6.07) is 0. The number of rotatable bonds is 0. The standard InChI is InChI=1S/C5H6ClN3.C4H4ClN3O/c1-3-2-8-5(6)9-4(3)7;5-4-7-1-2(9)3(6)8-4/h2H,1H3,(H2,7,8,9);1,9H,(H2,6,7,8). The van der Waals surface area contributed by atoms with Gasteiger partial charge < -0.3 is 16.6 Å². The lowest BCUT2D eigenvalue weighted by molar-refractivity contribution is 0.473. The minimum atomic E-state index is -0.153. The summed E-state index contributed by atoms with van der Waals surface area (Å²) in [6.45, 7) is 1.83. The number of aromatic nitrogens is 4. The molecular formula is C9H10Cl2N6O. The summed E-state index contributed by atoms with van der Waals surface area (Å²) < 4.78 is 0. The van der Waals surface area contributed by atoms with Gasteiger partial charge in [-0.05, 0) is 30.1 Å². The van der Waals surface area contributed by atoms with Crippen LogP contribution in [0.1, 0.15) is 5.56 Å². The fourth-order valence-electron chi connectivity index (χ4n) is 0.799. The number of anilines is 2. The third-order valence-corrected chi connectivity index (χ3v) is 2.11. The van der Waals surface area contributed by atoms with E-state index >= 15 is 0 Å². The van der Waals surface area contributed by atoms with Crippen molar-refractivity contribution in [2.45, 2.75) is 6.92 Å². The fourth-order valence-corrected chi connectivity index (χ4v) is 1.08. The average Bonchev–Trinajstić information content (AvgIpc) is 2.30. The van der Waals surface area contributed by atoms with Crippen molar-refractivity contribution in [2.75, 3.05) is 11.5 Å². The number of nitrogens with zero attached hydrogens (tertiary/aromatic N) is 4. The summed E-state index contributed by atoms with van der Waals surface area (Å²) in [5.41, 5.74) is 11.4. The number of halogens is 2. The second-order valence-electron chi connectivity index (χ2n) is 3.12. The molecule has 2 heterocycles. The van der Waals surface area contributed by atoms with Crippen LogP contribution in [0.4, 0.5) is 11.6 Å². The number of aryl methyl sites for hydroxylation is 1. The van der Waals surface area contributed by atoms with Gasteiger partial charge in [0.1, 0.15) is 5.82 Å². The van der Waals surface area contributed by atoms with Crippen LogP contribution in [-0.4, -0.2) is 25.0 Å². The quantitative estimate of drug-likeness (QED) is 0.627. The van der Waals surface area contributed by atoms with Crippen LogP contribution in [0.3, 0.4) is 0 Å². The third-order valence-electron chi connectivity index (χ3n) is 1.75. The van der Waals surface area contributed by atoms with Gasteiger partial charge >= 0.3 is 0 Å². The summed E-state index contributed by atoms with van der Waals surface area (Å²) in [6.07, 6.45) is 2.73. The van der Waals surface area contributed by atoms with E-state index in [4.69, 9.17) is 39.8 Å². The molecule has 0 saturated heterocycles. The minimum absolute atomic E-state index is 0.00463. The molecule has 7 nitrogen and oxygen atoms in total. The number of hydrogen-bond acceptors (Lipinski definition) is 7. The number of nitrogens with two attached hydrogens (primary N) is 2. The van der Waals surface area contributed by atoms with Gasteiger partial charge in [-0.2, -0.15) is 4.98 Å². The molecule has 0 aliphatic rings. The van der Waals surface area contributed by atoms with Crippen LogP contribution in [-0.2, 0) is 0 Å². The van der Waals surface area contributed by atoms with E-state index in [0.717, 1.165) is 11.8 Å². The molecule has 2 aromatic heterocycles. The molecule has 5 N–H and O–H groups in total. The molecule has 2 rings (SSSR count). The first-order valence-electron chi connectivity index (χ1n) is 4.61. The Kier molecular flexibility index (Phi) is 4.87. The van der Waals surface area contributed by atoms with Gasteiger partial charge in [-0.25, -0.2) is 15.0 Å². The Labute approximate surface area is 113 Å². The van der Waals surface area contributed by atoms with Crippen molar-refractivity contribution < 1.29 is 5.11 Å². The molecule has 0 aromatic carbocycles. The molecule has 0 aliphatic heterocycles. The summed E-state index contributed by atoms with van der Waals surface area (Å²) in [7, 11) is 0. The highest BCUT2D eigenvalue weighted by Crippen LogP contribution is 2.15. The summed E-state index contributed by atoms with van der Waals surface area (Å²) in [5, 5.41) is 8.96. The number of hydrogen-bond donors (Lipinski definition) is 3. The molecule has 0 saturated carbocycles. The smallest absolute Gasteiger partial charge is 0.224 e. The predicted octanol–water partition coefficient (Wildman–Crippen LogP) is 1.44. The Bertz CT molecular complexity index is 501. The Morgan fingerprint density at radius 1 is 1.00 bits per heavy atom. The summed E-state index contributed by atoms with van der Waals surface area (Å²) in [4.78, 5) is 14.3. The molecule has 0 aliphatic carbocycles. The molecule has 9 heteroatoms. The monoisotopic (exact) mass is 288 g/mol. The molecule has 0 atom stereocenters. The van der Waals surface area contributed by atoms with Crippen LogP contribution >= 0.6 is 23.2 Å². The Hall–Kier alpha value is -1.86. The molecule has 0 bridgehead atoms. The van der Waals surface area contributed by atoms with Gasteiger partial charge in [-0.1, -0.05) is 0 Å². The van der Waals surface area contributed by atoms with Crippen LogP contribution < -0.4 is 11.5 Å².